The molecule has 1 aromatic heterocycles. The van der Waals surface area contributed by atoms with E-state index in [0.29, 0.717) is 21.1 Å². The highest BCUT2D eigenvalue weighted by Gasteiger charge is 2.45. The van der Waals surface area contributed by atoms with Gasteiger partial charge in [0.2, 0.25) is 0 Å². The van der Waals surface area contributed by atoms with Crippen LogP contribution in [0.25, 0.3) is 0 Å². The number of hydrogen-bond donors (Lipinski definition) is 0. The Balaban J connectivity index is 1.99. The lowest BCUT2D eigenvalue weighted by Crippen LogP contribution is -2.31. The van der Waals surface area contributed by atoms with E-state index in [2.05, 4.69) is 20.9 Å². The summed E-state index contributed by atoms with van der Waals surface area (Å²) in [7, 11) is 0. The molecule has 1 aliphatic heterocycles. The number of rotatable bonds is 3. The average Bonchev–Trinajstić information content (AvgIpc) is 3.12. The molecule has 0 N–H and O–H groups in total. The summed E-state index contributed by atoms with van der Waals surface area (Å²) in [6.07, 6.45) is 0. The van der Waals surface area contributed by atoms with Gasteiger partial charge in [0, 0.05) is 11.1 Å². The summed E-state index contributed by atoms with van der Waals surface area (Å²) in [5.74, 6) is -1.02. The lowest BCUT2D eigenvalue weighted by atomic mass is 10.0. The Morgan fingerprint density at radius 1 is 1.14 bits per heavy atom. The number of fused-ring (bicyclic) bond motifs is 1. The first-order valence-corrected chi connectivity index (χ1v) is 10.2. The minimum Gasteiger partial charge on any atom is -0.317 e. The van der Waals surface area contributed by atoms with Crippen molar-refractivity contribution in [1.82, 2.24) is 9.55 Å². The van der Waals surface area contributed by atoms with Gasteiger partial charge in [0.15, 0.2) is 16.2 Å². The van der Waals surface area contributed by atoms with Crippen LogP contribution in [0, 0.1) is 5.82 Å². The number of hydrogen-bond acceptors (Lipinski definition) is 2. The van der Waals surface area contributed by atoms with E-state index in [4.69, 9.17) is 23.2 Å². The summed E-state index contributed by atoms with van der Waals surface area (Å²) in [5, 5.41) is 0.532. The molecule has 2 aromatic carbocycles. The van der Waals surface area contributed by atoms with Crippen LogP contribution in [-0.4, -0.2) is 15.5 Å². The Hall–Kier alpha value is -1.89. The van der Waals surface area contributed by atoms with Gasteiger partial charge >= 0.3 is 0 Å². The van der Waals surface area contributed by atoms with Crippen molar-refractivity contribution < 1.29 is 9.18 Å². The number of halogens is 4. The Kier molecular flexibility index (Phi) is 4.98. The van der Waals surface area contributed by atoms with Gasteiger partial charge < -0.3 is 4.57 Å². The summed E-state index contributed by atoms with van der Waals surface area (Å²) in [6.45, 7) is 4.00. The van der Waals surface area contributed by atoms with E-state index in [1.807, 2.05) is 30.5 Å². The molecule has 3 aromatic rings. The molecule has 1 aliphatic rings. The van der Waals surface area contributed by atoms with Crippen molar-refractivity contribution in [2.24, 2.45) is 0 Å². The highest BCUT2D eigenvalue weighted by Crippen LogP contribution is 2.45. The van der Waals surface area contributed by atoms with E-state index in [9.17, 15) is 9.18 Å². The third-order valence-corrected chi connectivity index (χ3v) is 5.84. The van der Waals surface area contributed by atoms with Gasteiger partial charge in [-0.1, -0.05) is 41.4 Å². The molecule has 1 amide bonds. The van der Waals surface area contributed by atoms with Crippen LogP contribution >= 0.6 is 39.1 Å². The lowest BCUT2D eigenvalue weighted by molar-refractivity contribution is 0.0988. The molecule has 2 heterocycles. The zero-order valence-corrected chi connectivity index (χ0v) is 18.1. The molecule has 1 unspecified atom stereocenters. The van der Waals surface area contributed by atoms with Crippen LogP contribution in [-0.2, 0) is 0 Å². The van der Waals surface area contributed by atoms with Crippen molar-refractivity contribution in [3.63, 3.8) is 0 Å². The largest absolute Gasteiger partial charge is 0.317 e. The first-order valence-electron chi connectivity index (χ1n) is 8.62. The van der Waals surface area contributed by atoms with Gasteiger partial charge in [-0.05, 0) is 59.6 Å². The van der Waals surface area contributed by atoms with Crippen LogP contribution in [0.15, 0.2) is 47.2 Å². The molecular weight excluding hydrogens is 468 g/mol. The molecule has 0 radical (unpaired) electrons. The summed E-state index contributed by atoms with van der Waals surface area (Å²) in [5.41, 5.74) is 1.90. The molecule has 144 valence electrons. The molecule has 0 saturated carbocycles. The van der Waals surface area contributed by atoms with Crippen molar-refractivity contribution >= 4 is 50.7 Å². The Morgan fingerprint density at radius 2 is 1.82 bits per heavy atom. The average molecular weight is 483 g/mol. The maximum atomic E-state index is 14.9. The molecule has 8 heteroatoms. The van der Waals surface area contributed by atoms with Gasteiger partial charge in [-0.2, -0.15) is 0 Å². The predicted molar refractivity (Wildman–Crippen MR) is 112 cm³/mol. The van der Waals surface area contributed by atoms with Crippen molar-refractivity contribution in [1.29, 1.82) is 0 Å². The number of benzene rings is 2. The third kappa shape index (κ3) is 2.95. The fourth-order valence-corrected chi connectivity index (χ4v) is 4.63. The molecule has 0 bridgehead atoms. The van der Waals surface area contributed by atoms with E-state index in [-0.39, 0.29) is 22.7 Å². The number of aromatic nitrogens is 2. The Labute approximate surface area is 180 Å². The van der Waals surface area contributed by atoms with Crippen LogP contribution in [0.3, 0.4) is 0 Å². The Bertz CT molecular complexity index is 1080. The molecular formula is C20H15BrCl2FN3O. The zero-order chi connectivity index (χ0) is 20.2. The number of amides is 1. The molecule has 0 aliphatic carbocycles. The van der Waals surface area contributed by atoms with E-state index in [1.165, 1.54) is 11.0 Å². The van der Waals surface area contributed by atoms with Crippen LogP contribution in [0.4, 0.5) is 10.1 Å². The quantitative estimate of drug-likeness (QED) is 0.431. The standard InChI is InChI=1S/C20H15BrCl2FN3O/c1-10(2)26-18-16(25-20(26)21)19(28)27(14-5-3-4-13(23)15(14)24)17(18)11-6-8-12(22)9-7-11/h3-10,17H,1-2H3. The molecule has 1 atom stereocenters. The smallest absolute Gasteiger partial charge is 0.279 e. The maximum absolute atomic E-state index is 14.9. The highest BCUT2D eigenvalue weighted by atomic mass is 79.9. The molecule has 4 rings (SSSR count). The minimum absolute atomic E-state index is 0.0392. The number of carbonyl (C=O) groups excluding carboxylic acids is 1. The van der Waals surface area contributed by atoms with Crippen LogP contribution in [0.1, 0.15) is 47.7 Å². The maximum Gasteiger partial charge on any atom is 0.279 e. The number of carbonyl (C=O) groups is 1. The highest BCUT2D eigenvalue weighted by molar-refractivity contribution is 9.10. The fraction of sp³-hybridized carbons (Fsp3) is 0.200. The van der Waals surface area contributed by atoms with Crippen LogP contribution in [0.5, 0.6) is 0 Å². The van der Waals surface area contributed by atoms with E-state index >= 15 is 0 Å². The van der Waals surface area contributed by atoms with Crippen LogP contribution < -0.4 is 4.90 Å². The topological polar surface area (TPSA) is 38.1 Å². The first-order chi connectivity index (χ1) is 13.3. The Morgan fingerprint density at radius 3 is 2.46 bits per heavy atom. The molecule has 28 heavy (non-hydrogen) atoms. The van der Waals surface area contributed by atoms with Gasteiger partial charge in [0.25, 0.3) is 5.91 Å². The van der Waals surface area contributed by atoms with Gasteiger partial charge in [-0.3, -0.25) is 9.69 Å². The van der Waals surface area contributed by atoms with Crippen molar-refractivity contribution in [3.05, 3.63) is 80.0 Å². The lowest BCUT2D eigenvalue weighted by Gasteiger charge is -2.28. The van der Waals surface area contributed by atoms with E-state index in [0.717, 1.165) is 5.56 Å². The summed E-state index contributed by atoms with van der Waals surface area (Å²) in [4.78, 5) is 19.1. The van der Waals surface area contributed by atoms with Crippen LogP contribution in [0.2, 0.25) is 10.0 Å². The first kappa shape index (κ1) is 19.4. The second-order valence-electron chi connectivity index (χ2n) is 6.78. The minimum atomic E-state index is -0.642. The summed E-state index contributed by atoms with van der Waals surface area (Å²) < 4.78 is 17.4. The number of anilines is 1. The molecule has 0 saturated heterocycles. The number of nitrogens with zero attached hydrogens (tertiary/aromatic N) is 3. The summed E-state index contributed by atoms with van der Waals surface area (Å²) >= 11 is 15.5. The van der Waals surface area contributed by atoms with E-state index < -0.39 is 11.9 Å². The third-order valence-electron chi connectivity index (χ3n) is 4.74. The van der Waals surface area contributed by atoms with Gasteiger partial charge in [0.05, 0.1) is 16.4 Å². The van der Waals surface area contributed by atoms with Gasteiger partial charge in [-0.25, -0.2) is 9.37 Å². The SMILES string of the molecule is CC(C)n1c(Br)nc2c1C(c1ccc(Cl)cc1)N(c1cccc(Cl)c1F)C2=O. The number of imidazole rings is 1. The fourth-order valence-electron chi connectivity index (χ4n) is 3.56. The van der Waals surface area contributed by atoms with Crippen molar-refractivity contribution in [3.8, 4) is 0 Å². The molecule has 0 spiro atoms. The monoisotopic (exact) mass is 481 g/mol. The molecule has 0 fully saturated rings. The predicted octanol–water partition coefficient (Wildman–Crippen LogP) is 6.42. The normalized spacial score (nSPS) is 16.2. The zero-order valence-electron chi connectivity index (χ0n) is 15.0. The van der Waals surface area contributed by atoms with Gasteiger partial charge in [0.1, 0.15) is 6.04 Å². The second kappa shape index (κ2) is 7.17. The van der Waals surface area contributed by atoms with Crippen molar-refractivity contribution in [2.75, 3.05) is 4.90 Å². The second-order valence-corrected chi connectivity index (χ2v) is 8.33. The summed E-state index contributed by atoms with van der Waals surface area (Å²) in [6, 6.07) is 11.2. The van der Waals surface area contributed by atoms with Gasteiger partial charge in [-0.15, -0.1) is 0 Å². The van der Waals surface area contributed by atoms with E-state index in [1.54, 1.807) is 24.3 Å². The van der Waals surface area contributed by atoms with Crippen molar-refractivity contribution in [2.45, 2.75) is 25.9 Å². The molecule has 4 nitrogen and oxygen atoms in total.